The highest BCUT2D eigenvalue weighted by molar-refractivity contribution is 5.94. The number of aromatic nitrogens is 1. The van der Waals surface area contributed by atoms with Crippen LogP contribution in [0.3, 0.4) is 0 Å². The maximum atomic E-state index is 4.08. The van der Waals surface area contributed by atoms with Gasteiger partial charge in [-0.05, 0) is 37.5 Å². The first-order chi connectivity index (χ1) is 8.19. The summed E-state index contributed by atoms with van der Waals surface area (Å²) in [6.07, 6.45) is 5.11. The number of hydrogen-bond donors (Lipinski definition) is 0. The zero-order chi connectivity index (χ0) is 12.4. The third-order valence-electron chi connectivity index (χ3n) is 3.15. The monoisotopic (exact) mass is 225 g/mol. The molecule has 0 bridgehead atoms. The van der Waals surface area contributed by atoms with Gasteiger partial charge in [-0.3, -0.25) is 0 Å². The fourth-order valence-electron chi connectivity index (χ4n) is 2.37. The number of nitrogens with zero attached hydrogens (tertiary/aromatic N) is 1. The van der Waals surface area contributed by atoms with E-state index in [9.17, 15) is 0 Å². The van der Waals surface area contributed by atoms with Gasteiger partial charge in [-0.25, -0.2) is 0 Å². The molecule has 0 saturated heterocycles. The largest absolute Gasteiger partial charge is 0.347 e. The molecule has 0 aliphatic rings. The Morgan fingerprint density at radius 1 is 1.41 bits per heavy atom. The molecule has 0 saturated carbocycles. The van der Waals surface area contributed by atoms with Gasteiger partial charge in [-0.15, -0.1) is 6.58 Å². The van der Waals surface area contributed by atoms with Crippen LogP contribution >= 0.6 is 0 Å². The quantitative estimate of drug-likeness (QED) is 0.679. The minimum Gasteiger partial charge on any atom is -0.347 e. The summed E-state index contributed by atoms with van der Waals surface area (Å²) < 4.78 is 2.29. The maximum Gasteiger partial charge on any atom is 0.0489 e. The first-order valence-corrected chi connectivity index (χ1v) is 6.06. The van der Waals surface area contributed by atoms with Crippen LogP contribution in [-0.2, 0) is 13.0 Å². The van der Waals surface area contributed by atoms with Crippen molar-refractivity contribution in [3.05, 3.63) is 54.8 Å². The first kappa shape index (κ1) is 11.7. The van der Waals surface area contributed by atoms with E-state index in [0.29, 0.717) is 0 Å². The zero-order valence-corrected chi connectivity index (χ0v) is 10.7. The van der Waals surface area contributed by atoms with Crippen molar-refractivity contribution in [2.45, 2.75) is 26.8 Å². The Hall–Kier alpha value is -1.76. The van der Waals surface area contributed by atoms with Crippen LogP contribution in [0.4, 0.5) is 0 Å². The summed E-state index contributed by atoms with van der Waals surface area (Å²) in [7, 11) is 0. The van der Waals surface area contributed by atoms with Gasteiger partial charge in [-0.2, -0.15) is 0 Å². The number of benzene rings is 1. The molecule has 1 aromatic heterocycles. The molecule has 2 aromatic rings. The SMILES string of the molecule is C=CCc1cn(CC)c2cccc(C(=C)C)c12. The molecule has 1 nitrogen and oxygen atoms in total. The van der Waals surface area contributed by atoms with Crippen molar-refractivity contribution in [1.82, 2.24) is 4.57 Å². The van der Waals surface area contributed by atoms with Crippen LogP contribution in [0.5, 0.6) is 0 Å². The molecule has 88 valence electrons. The summed E-state index contributed by atoms with van der Waals surface area (Å²) >= 11 is 0. The molecule has 0 fully saturated rings. The van der Waals surface area contributed by atoms with Gasteiger partial charge < -0.3 is 4.57 Å². The Labute approximate surface area is 103 Å². The summed E-state index contributed by atoms with van der Waals surface area (Å²) in [5, 5.41) is 1.33. The fourth-order valence-corrected chi connectivity index (χ4v) is 2.37. The number of aryl methyl sites for hydroxylation is 1. The Morgan fingerprint density at radius 3 is 2.76 bits per heavy atom. The predicted molar refractivity (Wildman–Crippen MR) is 76.2 cm³/mol. The Kier molecular flexibility index (Phi) is 3.19. The minimum absolute atomic E-state index is 0.911. The topological polar surface area (TPSA) is 4.93 Å². The number of allylic oxidation sites excluding steroid dienone is 2. The molecule has 2 rings (SSSR count). The van der Waals surface area contributed by atoms with Gasteiger partial charge in [0.15, 0.2) is 0 Å². The second-order valence-corrected chi connectivity index (χ2v) is 4.41. The molecular weight excluding hydrogens is 206 g/mol. The number of hydrogen-bond acceptors (Lipinski definition) is 0. The van der Waals surface area contributed by atoms with Crippen LogP contribution in [0, 0.1) is 0 Å². The Balaban J connectivity index is 2.80. The van der Waals surface area contributed by atoms with Crippen LogP contribution in [-0.4, -0.2) is 4.57 Å². The molecule has 1 aromatic carbocycles. The van der Waals surface area contributed by atoms with Crippen molar-refractivity contribution < 1.29 is 0 Å². The average molecular weight is 225 g/mol. The van der Waals surface area contributed by atoms with Crippen LogP contribution in [0.15, 0.2) is 43.6 Å². The summed E-state index contributed by atoms with van der Waals surface area (Å²) in [5.41, 5.74) is 5.02. The van der Waals surface area contributed by atoms with Crippen LogP contribution in [0.25, 0.3) is 16.5 Å². The summed E-state index contributed by atoms with van der Waals surface area (Å²) in [5.74, 6) is 0. The van der Waals surface area contributed by atoms with Gasteiger partial charge in [0.25, 0.3) is 0 Å². The summed E-state index contributed by atoms with van der Waals surface area (Å²) in [6, 6.07) is 6.44. The molecule has 1 heteroatoms. The highest BCUT2D eigenvalue weighted by atomic mass is 14.9. The van der Waals surface area contributed by atoms with E-state index in [1.165, 1.54) is 22.0 Å². The first-order valence-electron chi connectivity index (χ1n) is 6.06. The standard InChI is InChI=1S/C16H19N/c1-5-8-13-11-17(6-2)15-10-7-9-14(12(3)4)16(13)15/h5,7,9-11H,1,3,6,8H2,2,4H3. The van der Waals surface area contributed by atoms with Crippen LogP contribution < -0.4 is 0 Å². The van der Waals surface area contributed by atoms with Gasteiger partial charge in [-0.1, -0.05) is 30.4 Å². The lowest BCUT2D eigenvalue weighted by atomic mass is 10.00. The number of fused-ring (bicyclic) bond motifs is 1. The molecule has 17 heavy (non-hydrogen) atoms. The van der Waals surface area contributed by atoms with E-state index in [4.69, 9.17) is 0 Å². The molecule has 0 radical (unpaired) electrons. The molecule has 0 amide bonds. The lowest BCUT2D eigenvalue weighted by Crippen LogP contribution is -1.90. The molecule has 0 aliphatic heterocycles. The highest BCUT2D eigenvalue weighted by Crippen LogP contribution is 2.29. The Morgan fingerprint density at radius 2 is 2.18 bits per heavy atom. The van der Waals surface area contributed by atoms with Crippen LogP contribution in [0.1, 0.15) is 25.0 Å². The van der Waals surface area contributed by atoms with Gasteiger partial charge in [0.2, 0.25) is 0 Å². The normalized spacial score (nSPS) is 10.7. The smallest absolute Gasteiger partial charge is 0.0489 e. The van der Waals surface area contributed by atoms with Crippen molar-refractivity contribution >= 4 is 16.5 Å². The fraction of sp³-hybridized carbons (Fsp3) is 0.250. The van der Waals surface area contributed by atoms with Gasteiger partial charge in [0.1, 0.15) is 0 Å². The minimum atomic E-state index is 0.911. The van der Waals surface area contributed by atoms with Gasteiger partial charge in [0.05, 0.1) is 0 Å². The molecular formula is C16H19N. The van der Waals surface area contributed by atoms with E-state index in [1.807, 2.05) is 6.08 Å². The van der Waals surface area contributed by atoms with E-state index in [2.05, 4.69) is 56.0 Å². The number of rotatable bonds is 4. The van der Waals surface area contributed by atoms with E-state index >= 15 is 0 Å². The van der Waals surface area contributed by atoms with E-state index in [0.717, 1.165) is 18.5 Å². The molecule has 0 aliphatic carbocycles. The second kappa shape index (κ2) is 4.62. The molecule has 0 spiro atoms. The Bertz CT molecular complexity index is 572. The summed E-state index contributed by atoms with van der Waals surface area (Å²) in [4.78, 5) is 0. The van der Waals surface area contributed by atoms with Crippen molar-refractivity contribution in [3.63, 3.8) is 0 Å². The maximum absolute atomic E-state index is 4.08. The van der Waals surface area contributed by atoms with Gasteiger partial charge >= 0.3 is 0 Å². The lowest BCUT2D eigenvalue weighted by molar-refractivity contribution is 0.794. The molecule has 0 unspecified atom stereocenters. The zero-order valence-electron chi connectivity index (χ0n) is 10.7. The van der Waals surface area contributed by atoms with Crippen LogP contribution in [0.2, 0.25) is 0 Å². The second-order valence-electron chi connectivity index (χ2n) is 4.41. The van der Waals surface area contributed by atoms with Crippen molar-refractivity contribution in [1.29, 1.82) is 0 Å². The van der Waals surface area contributed by atoms with Crippen molar-refractivity contribution in [2.75, 3.05) is 0 Å². The van der Waals surface area contributed by atoms with E-state index < -0.39 is 0 Å². The van der Waals surface area contributed by atoms with Crippen molar-refractivity contribution in [2.24, 2.45) is 0 Å². The average Bonchev–Trinajstić information content (AvgIpc) is 2.68. The third-order valence-corrected chi connectivity index (χ3v) is 3.15. The summed E-state index contributed by atoms with van der Waals surface area (Å²) in [6.45, 7) is 13.1. The van der Waals surface area contributed by atoms with Crippen molar-refractivity contribution in [3.8, 4) is 0 Å². The van der Waals surface area contributed by atoms with E-state index in [-0.39, 0.29) is 0 Å². The molecule has 1 heterocycles. The van der Waals surface area contributed by atoms with E-state index in [1.54, 1.807) is 0 Å². The molecule has 0 atom stereocenters. The third kappa shape index (κ3) is 1.93. The van der Waals surface area contributed by atoms with Gasteiger partial charge in [0, 0.05) is 23.6 Å². The predicted octanol–water partition coefficient (Wildman–Crippen LogP) is 4.42. The lowest BCUT2D eigenvalue weighted by Gasteiger charge is -2.05. The molecule has 0 N–H and O–H groups in total. The highest BCUT2D eigenvalue weighted by Gasteiger charge is 2.10.